The molecular formula is C15H13FN2OS. The summed E-state index contributed by atoms with van der Waals surface area (Å²) < 4.78 is 21.0. The molecule has 3 nitrogen and oxygen atoms in total. The van der Waals surface area contributed by atoms with Crippen molar-refractivity contribution in [3.05, 3.63) is 70.1 Å². The summed E-state index contributed by atoms with van der Waals surface area (Å²) in [5, 5.41) is 2.00. The number of rotatable bonds is 3. The zero-order chi connectivity index (χ0) is 13.9. The van der Waals surface area contributed by atoms with E-state index in [4.69, 9.17) is 4.42 Å². The molecule has 2 aromatic heterocycles. The van der Waals surface area contributed by atoms with Gasteiger partial charge in [0.25, 0.3) is 0 Å². The lowest BCUT2D eigenvalue weighted by molar-refractivity contribution is 0.488. The number of hydrogen-bond acceptors (Lipinski definition) is 3. The Labute approximate surface area is 119 Å². The van der Waals surface area contributed by atoms with Crippen LogP contribution in [-0.2, 0) is 6.54 Å². The molecule has 20 heavy (non-hydrogen) atoms. The Morgan fingerprint density at radius 2 is 2.10 bits per heavy atom. The highest BCUT2D eigenvalue weighted by Crippen LogP contribution is 2.16. The van der Waals surface area contributed by atoms with Crippen molar-refractivity contribution in [1.29, 1.82) is 0 Å². The average Bonchev–Trinajstić information content (AvgIpc) is 3.06. The quantitative estimate of drug-likeness (QED) is 0.719. The Bertz CT molecular complexity index is 771. The van der Waals surface area contributed by atoms with Gasteiger partial charge in [-0.15, -0.1) is 11.3 Å². The van der Waals surface area contributed by atoms with Crippen LogP contribution in [0.25, 0.3) is 0 Å². The van der Waals surface area contributed by atoms with Crippen molar-refractivity contribution in [1.82, 2.24) is 4.57 Å². The van der Waals surface area contributed by atoms with E-state index in [9.17, 15) is 4.39 Å². The molecule has 0 bridgehead atoms. The molecule has 0 radical (unpaired) electrons. The van der Waals surface area contributed by atoms with Crippen LogP contribution in [0.2, 0.25) is 0 Å². The van der Waals surface area contributed by atoms with Crippen LogP contribution >= 0.6 is 11.3 Å². The van der Waals surface area contributed by atoms with Gasteiger partial charge in [-0.1, -0.05) is 12.1 Å². The number of benzene rings is 1. The topological polar surface area (TPSA) is 30.4 Å². The highest BCUT2D eigenvalue weighted by molar-refractivity contribution is 7.07. The molecule has 0 aliphatic rings. The highest BCUT2D eigenvalue weighted by Gasteiger charge is 2.05. The molecule has 102 valence electrons. The molecule has 3 aromatic rings. The Kier molecular flexibility index (Phi) is 3.52. The second-order valence-corrected chi connectivity index (χ2v) is 5.22. The summed E-state index contributed by atoms with van der Waals surface area (Å²) in [6.07, 6.45) is 1.64. The summed E-state index contributed by atoms with van der Waals surface area (Å²) in [5.41, 5.74) is 1.42. The summed E-state index contributed by atoms with van der Waals surface area (Å²) >= 11 is 1.49. The molecule has 1 aromatic carbocycles. The van der Waals surface area contributed by atoms with Gasteiger partial charge in [0.15, 0.2) is 4.80 Å². The first-order valence-electron chi connectivity index (χ1n) is 6.20. The van der Waals surface area contributed by atoms with Crippen LogP contribution in [-0.4, -0.2) is 4.57 Å². The van der Waals surface area contributed by atoms with Gasteiger partial charge in [0.2, 0.25) is 0 Å². The van der Waals surface area contributed by atoms with Gasteiger partial charge in [-0.25, -0.2) is 9.38 Å². The Morgan fingerprint density at radius 1 is 1.25 bits per heavy atom. The van der Waals surface area contributed by atoms with E-state index in [1.54, 1.807) is 24.5 Å². The number of halogens is 1. The van der Waals surface area contributed by atoms with E-state index >= 15 is 0 Å². The predicted octanol–water partition coefficient (Wildman–Crippen LogP) is 3.87. The van der Waals surface area contributed by atoms with Crippen molar-refractivity contribution in [3.63, 3.8) is 0 Å². The third-order valence-electron chi connectivity index (χ3n) is 2.95. The summed E-state index contributed by atoms with van der Waals surface area (Å²) in [4.78, 5) is 5.16. The summed E-state index contributed by atoms with van der Waals surface area (Å²) in [6.45, 7) is 2.59. The van der Waals surface area contributed by atoms with Crippen molar-refractivity contribution in [3.8, 4) is 0 Å². The van der Waals surface area contributed by atoms with Gasteiger partial charge in [0.1, 0.15) is 17.3 Å². The van der Waals surface area contributed by atoms with Gasteiger partial charge in [-0.2, -0.15) is 0 Å². The number of thiazole rings is 1. The molecule has 5 heteroatoms. The van der Waals surface area contributed by atoms with Crippen molar-refractivity contribution >= 4 is 17.0 Å². The minimum atomic E-state index is -0.317. The molecule has 0 fully saturated rings. The van der Waals surface area contributed by atoms with E-state index < -0.39 is 0 Å². The summed E-state index contributed by atoms with van der Waals surface area (Å²) in [7, 11) is 0. The molecular weight excluding hydrogens is 275 g/mol. The molecule has 0 N–H and O–H groups in total. The number of aromatic nitrogens is 1. The third kappa shape index (κ3) is 2.58. The zero-order valence-electron chi connectivity index (χ0n) is 10.9. The van der Waals surface area contributed by atoms with Crippen LogP contribution in [0.5, 0.6) is 0 Å². The lowest BCUT2D eigenvalue weighted by Crippen LogP contribution is -2.16. The fourth-order valence-corrected chi connectivity index (χ4v) is 2.79. The molecule has 3 rings (SSSR count). The second kappa shape index (κ2) is 5.46. The Morgan fingerprint density at radius 3 is 2.85 bits per heavy atom. The maximum atomic E-state index is 13.7. The highest BCUT2D eigenvalue weighted by atomic mass is 32.1. The smallest absolute Gasteiger partial charge is 0.190 e. The molecule has 0 saturated heterocycles. The fourth-order valence-electron chi connectivity index (χ4n) is 1.90. The van der Waals surface area contributed by atoms with E-state index in [2.05, 4.69) is 4.99 Å². The number of hydrogen-bond donors (Lipinski definition) is 0. The van der Waals surface area contributed by atoms with Crippen LogP contribution in [0.4, 0.5) is 10.1 Å². The minimum Gasteiger partial charge on any atom is -0.467 e. The van der Waals surface area contributed by atoms with Gasteiger partial charge in [-0.05, 0) is 31.2 Å². The maximum Gasteiger partial charge on any atom is 0.190 e. The zero-order valence-corrected chi connectivity index (χ0v) is 11.7. The first-order valence-corrected chi connectivity index (χ1v) is 7.08. The van der Waals surface area contributed by atoms with Crippen molar-refractivity contribution in [2.45, 2.75) is 13.5 Å². The first kappa shape index (κ1) is 12.9. The predicted molar refractivity (Wildman–Crippen MR) is 76.5 cm³/mol. The van der Waals surface area contributed by atoms with E-state index in [0.29, 0.717) is 12.2 Å². The van der Waals surface area contributed by atoms with Crippen LogP contribution in [0.3, 0.4) is 0 Å². The van der Waals surface area contributed by atoms with E-state index in [-0.39, 0.29) is 5.82 Å². The molecule has 0 aliphatic carbocycles. The van der Waals surface area contributed by atoms with E-state index in [1.165, 1.54) is 17.4 Å². The van der Waals surface area contributed by atoms with Gasteiger partial charge < -0.3 is 8.98 Å². The van der Waals surface area contributed by atoms with Gasteiger partial charge >= 0.3 is 0 Å². The lowest BCUT2D eigenvalue weighted by atomic mass is 10.3. The van der Waals surface area contributed by atoms with Crippen molar-refractivity contribution in [2.75, 3.05) is 0 Å². The van der Waals surface area contributed by atoms with Gasteiger partial charge in [0, 0.05) is 11.1 Å². The molecule has 0 aliphatic heterocycles. The average molecular weight is 288 g/mol. The van der Waals surface area contributed by atoms with Crippen LogP contribution < -0.4 is 4.80 Å². The minimum absolute atomic E-state index is 0.317. The van der Waals surface area contributed by atoms with E-state index in [1.807, 2.05) is 29.0 Å². The molecule has 2 heterocycles. The van der Waals surface area contributed by atoms with Crippen LogP contribution in [0, 0.1) is 12.7 Å². The Hall–Kier alpha value is -2.14. The SMILES string of the molecule is Cc1csc(=Nc2ccccc2F)n1Cc1ccco1. The summed E-state index contributed by atoms with van der Waals surface area (Å²) in [5.74, 6) is 0.532. The number of furan rings is 1. The molecule has 0 unspecified atom stereocenters. The summed E-state index contributed by atoms with van der Waals surface area (Å²) in [6, 6.07) is 10.3. The number of aryl methyl sites for hydroxylation is 1. The van der Waals surface area contributed by atoms with E-state index in [0.717, 1.165) is 16.3 Å². The van der Waals surface area contributed by atoms with Crippen LogP contribution in [0.1, 0.15) is 11.5 Å². The van der Waals surface area contributed by atoms with Crippen molar-refractivity contribution in [2.24, 2.45) is 4.99 Å². The van der Waals surface area contributed by atoms with Gasteiger partial charge in [0.05, 0.1) is 12.8 Å². The monoisotopic (exact) mass is 288 g/mol. The number of nitrogens with zero attached hydrogens (tertiary/aromatic N) is 2. The normalized spacial score (nSPS) is 12.0. The Balaban J connectivity index is 2.05. The molecule has 0 atom stereocenters. The molecule has 0 spiro atoms. The maximum absolute atomic E-state index is 13.7. The second-order valence-electron chi connectivity index (χ2n) is 4.39. The number of para-hydroxylation sites is 1. The lowest BCUT2D eigenvalue weighted by Gasteiger charge is -2.03. The van der Waals surface area contributed by atoms with Gasteiger partial charge in [-0.3, -0.25) is 0 Å². The van der Waals surface area contributed by atoms with Crippen LogP contribution in [0.15, 0.2) is 57.5 Å². The standard InChI is InChI=1S/C15H13FN2OS/c1-11-10-20-15(17-14-7-3-2-6-13(14)16)18(11)9-12-5-4-8-19-12/h2-8,10H,9H2,1H3. The largest absolute Gasteiger partial charge is 0.467 e. The molecule has 0 saturated carbocycles. The fraction of sp³-hybridized carbons (Fsp3) is 0.133. The van der Waals surface area contributed by atoms with Crippen molar-refractivity contribution < 1.29 is 8.81 Å². The third-order valence-corrected chi connectivity index (χ3v) is 3.94. The first-order chi connectivity index (χ1) is 9.74. The molecule has 0 amide bonds.